The van der Waals surface area contributed by atoms with E-state index in [4.69, 9.17) is 9.94 Å². The molecule has 10 nitrogen and oxygen atoms in total. The molecule has 0 radical (unpaired) electrons. The number of aryl methyl sites for hydroxylation is 1. The number of carbonyl (C=O) groups excluding carboxylic acids is 2. The first-order valence-corrected chi connectivity index (χ1v) is 14.6. The van der Waals surface area contributed by atoms with E-state index in [0.29, 0.717) is 23.2 Å². The summed E-state index contributed by atoms with van der Waals surface area (Å²) in [6, 6.07) is 10.8. The fraction of sp³-hybridized carbons (Fsp3) is 0.478. The molecular weight excluding hydrogens is 574 g/mol. The molecule has 1 aliphatic rings. The largest absolute Gasteiger partial charge is 0.494 e. The number of piperazine rings is 1. The van der Waals surface area contributed by atoms with Gasteiger partial charge < -0.3 is 14.7 Å². The van der Waals surface area contributed by atoms with E-state index in [9.17, 15) is 23.1 Å². The third kappa shape index (κ3) is 7.05. The predicted molar refractivity (Wildman–Crippen MR) is 137 cm³/mol. The van der Waals surface area contributed by atoms with Crippen LogP contribution >= 0.6 is 27.3 Å². The maximum atomic E-state index is 13.3. The van der Waals surface area contributed by atoms with Gasteiger partial charge in [0.1, 0.15) is 16.1 Å². The van der Waals surface area contributed by atoms with Crippen LogP contribution in [-0.4, -0.2) is 78.6 Å². The highest BCUT2D eigenvalue weighted by Gasteiger charge is 2.37. The number of hydrogen-bond acceptors (Lipinski definition) is 8. The van der Waals surface area contributed by atoms with E-state index in [-0.39, 0.29) is 36.8 Å². The molecule has 0 saturated carbocycles. The molecule has 3 rings (SSSR count). The molecule has 1 saturated heterocycles. The maximum Gasteiger partial charge on any atom is 0.272 e. The second kappa shape index (κ2) is 13.0. The molecule has 2 atom stereocenters. The fourth-order valence-electron chi connectivity index (χ4n) is 4.06. The van der Waals surface area contributed by atoms with Crippen molar-refractivity contribution in [2.75, 3.05) is 32.8 Å². The first-order valence-electron chi connectivity index (χ1n) is 11.6. The van der Waals surface area contributed by atoms with Crippen molar-refractivity contribution in [1.82, 2.24) is 14.7 Å². The molecule has 36 heavy (non-hydrogen) atoms. The SMILES string of the molecule is CCOc1ccc(CCC[C@@H](C(=O)N2CCN(S(=O)(=O)c3ccc(Br)s3)CC2)[C@H](O)C(=O)NO)cc1. The average molecular weight is 605 g/mol. The molecule has 2 aromatic rings. The molecule has 1 aliphatic heterocycles. The first kappa shape index (κ1) is 28.5. The highest BCUT2D eigenvalue weighted by molar-refractivity contribution is 9.11. The van der Waals surface area contributed by atoms with Crippen molar-refractivity contribution in [3.05, 3.63) is 45.7 Å². The van der Waals surface area contributed by atoms with Crippen LogP contribution in [0.3, 0.4) is 0 Å². The highest BCUT2D eigenvalue weighted by atomic mass is 79.9. The third-order valence-corrected chi connectivity index (χ3v) is 9.97. The molecular formula is C23H30BrN3O7S2. The summed E-state index contributed by atoms with van der Waals surface area (Å²) in [5.74, 6) is -1.82. The zero-order valence-electron chi connectivity index (χ0n) is 19.8. The van der Waals surface area contributed by atoms with Crippen molar-refractivity contribution < 1.29 is 33.1 Å². The number of halogens is 1. The minimum atomic E-state index is -3.67. The number of nitrogens with one attached hydrogen (secondary N) is 1. The van der Waals surface area contributed by atoms with E-state index in [1.807, 2.05) is 31.2 Å². The van der Waals surface area contributed by atoms with Crippen LogP contribution in [0.1, 0.15) is 25.3 Å². The predicted octanol–water partition coefficient (Wildman–Crippen LogP) is 2.25. The molecule has 0 aliphatic carbocycles. The quantitative estimate of drug-likeness (QED) is 0.265. The first-order chi connectivity index (χ1) is 17.2. The molecule has 198 valence electrons. The average Bonchev–Trinajstić information content (AvgIpc) is 3.34. The van der Waals surface area contributed by atoms with Crippen LogP contribution in [0.15, 0.2) is 44.4 Å². The molecule has 1 aromatic carbocycles. The lowest BCUT2D eigenvalue weighted by Gasteiger charge is -2.36. The summed E-state index contributed by atoms with van der Waals surface area (Å²) < 4.78 is 33.4. The normalized spacial score (nSPS) is 16.4. The molecule has 0 unspecified atom stereocenters. The van der Waals surface area contributed by atoms with Gasteiger partial charge in [0.2, 0.25) is 5.91 Å². The number of carbonyl (C=O) groups is 2. The number of hydroxylamine groups is 1. The Morgan fingerprint density at radius 1 is 1.14 bits per heavy atom. The summed E-state index contributed by atoms with van der Waals surface area (Å²) >= 11 is 4.39. The van der Waals surface area contributed by atoms with Gasteiger partial charge in [-0.1, -0.05) is 12.1 Å². The van der Waals surface area contributed by atoms with E-state index in [0.717, 1.165) is 22.6 Å². The van der Waals surface area contributed by atoms with Crippen LogP contribution in [0, 0.1) is 5.92 Å². The number of aliphatic hydroxyl groups is 1. The molecule has 0 bridgehead atoms. The Morgan fingerprint density at radius 3 is 2.36 bits per heavy atom. The Hall–Kier alpha value is -2.03. The number of aliphatic hydroxyl groups excluding tert-OH is 1. The summed E-state index contributed by atoms with van der Waals surface area (Å²) in [5, 5.41) is 19.4. The lowest BCUT2D eigenvalue weighted by atomic mass is 9.92. The van der Waals surface area contributed by atoms with Crippen LogP contribution in [0.4, 0.5) is 0 Å². The number of hydrogen-bond donors (Lipinski definition) is 3. The minimum Gasteiger partial charge on any atom is -0.494 e. The van der Waals surface area contributed by atoms with Crippen LogP contribution in [0.2, 0.25) is 0 Å². The summed E-state index contributed by atoms with van der Waals surface area (Å²) in [5.41, 5.74) is 2.43. The molecule has 2 heterocycles. The monoisotopic (exact) mass is 603 g/mol. The van der Waals surface area contributed by atoms with Crippen LogP contribution in [0.25, 0.3) is 0 Å². The Balaban J connectivity index is 1.62. The number of ether oxygens (including phenoxy) is 1. The van der Waals surface area contributed by atoms with Crippen molar-refractivity contribution in [3.8, 4) is 5.75 Å². The smallest absolute Gasteiger partial charge is 0.272 e. The maximum absolute atomic E-state index is 13.3. The number of benzene rings is 1. The van der Waals surface area contributed by atoms with Gasteiger partial charge in [-0.05, 0) is 71.9 Å². The molecule has 1 aromatic heterocycles. The van der Waals surface area contributed by atoms with E-state index >= 15 is 0 Å². The fourth-order valence-corrected chi connectivity index (χ4v) is 7.64. The van der Waals surface area contributed by atoms with E-state index in [2.05, 4.69) is 15.9 Å². The zero-order valence-corrected chi connectivity index (χ0v) is 23.0. The second-order valence-corrected chi connectivity index (χ2v) is 12.9. The van der Waals surface area contributed by atoms with E-state index < -0.39 is 33.9 Å². The number of rotatable bonds is 11. The highest BCUT2D eigenvalue weighted by Crippen LogP contribution is 2.29. The third-order valence-electron chi connectivity index (χ3n) is 5.99. The van der Waals surface area contributed by atoms with Gasteiger partial charge in [-0.25, -0.2) is 13.9 Å². The van der Waals surface area contributed by atoms with Gasteiger partial charge in [0, 0.05) is 26.2 Å². The Kier molecular flexibility index (Phi) is 10.3. The van der Waals surface area contributed by atoms with E-state index in [1.165, 1.54) is 20.8 Å². The number of thiophene rings is 1. The van der Waals surface area contributed by atoms with Crippen molar-refractivity contribution in [1.29, 1.82) is 0 Å². The molecule has 3 N–H and O–H groups in total. The number of sulfonamides is 1. The molecule has 13 heteroatoms. The standard InChI is InChI=1S/C23H30BrN3O7S2/c1-2-34-17-8-6-16(7-9-17)4-3-5-18(21(28)22(29)25-31)23(30)26-12-14-27(15-13-26)36(32,33)20-11-10-19(24)35-20/h6-11,18,21,28,31H,2-5,12-15H2,1H3,(H,25,29)/t18-,21+/m1/s1. The van der Waals surface area contributed by atoms with Crippen LogP contribution in [-0.2, 0) is 26.0 Å². The Bertz CT molecular complexity index is 1130. The Labute approximate surface area is 223 Å². The summed E-state index contributed by atoms with van der Waals surface area (Å²) in [6.45, 7) is 2.94. The van der Waals surface area contributed by atoms with Crippen molar-refractivity contribution in [2.45, 2.75) is 36.5 Å². The van der Waals surface area contributed by atoms with Gasteiger partial charge in [-0.3, -0.25) is 14.8 Å². The van der Waals surface area contributed by atoms with Gasteiger partial charge in [-0.2, -0.15) is 4.31 Å². The molecule has 1 fully saturated rings. The van der Waals surface area contributed by atoms with Crippen molar-refractivity contribution in [2.24, 2.45) is 5.92 Å². The number of amides is 2. The van der Waals surface area contributed by atoms with Crippen molar-refractivity contribution in [3.63, 3.8) is 0 Å². The summed E-state index contributed by atoms with van der Waals surface area (Å²) in [4.78, 5) is 26.7. The second-order valence-electron chi connectivity index (χ2n) is 8.28. The van der Waals surface area contributed by atoms with Gasteiger partial charge >= 0.3 is 0 Å². The molecule has 2 amide bonds. The van der Waals surface area contributed by atoms with Gasteiger partial charge in [0.15, 0.2) is 0 Å². The summed E-state index contributed by atoms with van der Waals surface area (Å²) in [6.07, 6.45) is -0.385. The van der Waals surface area contributed by atoms with Gasteiger partial charge in [0.25, 0.3) is 15.9 Å². The molecule has 0 spiro atoms. The number of nitrogens with zero attached hydrogens (tertiary/aromatic N) is 2. The lowest BCUT2D eigenvalue weighted by molar-refractivity contribution is -0.151. The van der Waals surface area contributed by atoms with Crippen LogP contribution in [0.5, 0.6) is 5.75 Å². The van der Waals surface area contributed by atoms with Crippen LogP contribution < -0.4 is 10.2 Å². The van der Waals surface area contributed by atoms with E-state index in [1.54, 1.807) is 6.07 Å². The topological polar surface area (TPSA) is 136 Å². The zero-order chi connectivity index (χ0) is 26.3. The minimum absolute atomic E-state index is 0.102. The van der Waals surface area contributed by atoms with Gasteiger partial charge in [0.05, 0.1) is 16.3 Å². The Morgan fingerprint density at radius 2 is 1.81 bits per heavy atom. The van der Waals surface area contributed by atoms with Crippen molar-refractivity contribution >= 4 is 49.1 Å². The lowest BCUT2D eigenvalue weighted by Crippen LogP contribution is -2.54. The summed E-state index contributed by atoms with van der Waals surface area (Å²) in [7, 11) is -3.67. The van der Waals surface area contributed by atoms with Gasteiger partial charge in [-0.15, -0.1) is 11.3 Å².